The third-order valence-corrected chi connectivity index (χ3v) is 5.82. The summed E-state index contributed by atoms with van der Waals surface area (Å²) in [7, 11) is 1.75. The second kappa shape index (κ2) is 7.22. The van der Waals surface area contributed by atoms with Gasteiger partial charge in [-0.05, 0) is 51.5 Å². The van der Waals surface area contributed by atoms with Crippen LogP contribution in [0.15, 0.2) is 47.5 Å². The summed E-state index contributed by atoms with van der Waals surface area (Å²) in [6.45, 7) is 6.49. The molecule has 0 radical (unpaired) electrons. The van der Waals surface area contributed by atoms with E-state index in [1.807, 2.05) is 57.3 Å². The Bertz CT molecular complexity index is 1390. The molecule has 0 aliphatic carbocycles. The van der Waals surface area contributed by atoms with Crippen LogP contribution >= 0.6 is 0 Å². The first-order valence-electron chi connectivity index (χ1n) is 10.7. The summed E-state index contributed by atoms with van der Waals surface area (Å²) in [6, 6.07) is 9.54. The Hall–Kier alpha value is -3.62. The molecule has 0 bridgehead atoms. The van der Waals surface area contributed by atoms with Crippen molar-refractivity contribution in [3.8, 4) is 11.3 Å². The molecule has 1 aliphatic heterocycles. The normalized spacial score (nSPS) is 16.9. The van der Waals surface area contributed by atoms with Gasteiger partial charge in [0.2, 0.25) is 0 Å². The van der Waals surface area contributed by atoms with Crippen molar-refractivity contribution in [1.29, 1.82) is 0 Å². The van der Waals surface area contributed by atoms with E-state index in [4.69, 9.17) is 9.72 Å². The molecule has 1 aliphatic rings. The average molecular weight is 435 g/mol. The van der Waals surface area contributed by atoms with Gasteiger partial charge in [0, 0.05) is 31.9 Å². The number of aromatic nitrogens is 5. The van der Waals surface area contributed by atoms with E-state index in [0.717, 1.165) is 22.3 Å². The lowest BCUT2D eigenvalue weighted by Gasteiger charge is -2.24. The van der Waals surface area contributed by atoms with Gasteiger partial charge in [0.15, 0.2) is 5.65 Å². The monoisotopic (exact) mass is 434 g/mol. The Balaban J connectivity index is 1.54. The number of imidazole rings is 1. The van der Waals surface area contributed by atoms with Gasteiger partial charge in [-0.2, -0.15) is 5.10 Å². The van der Waals surface area contributed by atoms with Crippen LogP contribution in [0.1, 0.15) is 33.2 Å². The lowest BCUT2D eigenvalue weighted by Crippen LogP contribution is -2.36. The maximum absolute atomic E-state index is 13.1. The molecule has 0 spiro atoms. The van der Waals surface area contributed by atoms with Gasteiger partial charge in [0.05, 0.1) is 29.0 Å². The standard InChI is InChI=1S/C23H26N6O3/c1-23(2,3)32-22(31)27-12-10-15(14-27)29-20-19(26(4)21(29)30)9-8-17(25-20)16-13-24-28-11-6-5-7-18(16)28/h5-9,11,13,15H,10,12,14H2,1-4H3/t15-/m0/s1. The summed E-state index contributed by atoms with van der Waals surface area (Å²) in [5.41, 5.74) is 3.27. The van der Waals surface area contributed by atoms with E-state index in [0.29, 0.717) is 25.2 Å². The van der Waals surface area contributed by atoms with Crippen LogP contribution < -0.4 is 5.69 Å². The molecule has 0 N–H and O–H groups in total. The first-order chi connectivity index (χ1) is 15.2. The van der Waals surface area contributed by atoms with Crippen molar-refractivity contribution in [1.82, 2.24) is 28.6 Å². The summed E-state index contributed by atoms with van der Waals surface area (Å²) in [4.78, 5) is 32.2. The van der Waals surface area contributed by atoms with Crippen LogP contribution in [0.2, 0.25) is 0 Å². The van der Waals surface area contributed by atoms with Gasteiger partial charge in [-0.3, -0.25) is 9.13 Å². The smallest absolute Gasteiger partial charge is 0.410 e. The Morgan fingerprint density at radius 1 is 1.16 bits per heavy atom. The fourth-order valence-electron chi connectivity index (χ4n) is 4.29. The number of hydrogen-bond acceptors (Lipinski definition) is 5. The van der Waals surface area contributed by atoms with Crippen LogP contribution in [0.5, 0.6) is 0 Å². The number of amides is 1. The first kappa shape index (κ1) is 20.3. The summed E-state index contributed by atoms with van der Waals surface area (Å²) < 4.78 is 10.6. The number of fused-ring (bicyclic) bond motifs is 2. The molecule has 4 aromatic heterocycles. The zero-order chi connectivity index (χ0) is 22.6. The molecule has 0 saturated carbocycles. The number of hydrogen-bond donors (Lipinski definition) is 0. The van der Waals surface area contributed by atoms with E-state index >= 15 is 0 Å². The highest BCUT2D eigenvalue weighted by Gasteiger charge is 2.33. The molecule has 5 rings (SSSR count). The Morgan fingerprint density at radius 3 is 2.75 bits per heavy atom. The Kier molecular flexibility index (Phi) is 4.58. The summed E-state index contributed by atoms with van der Waals surface area (Å²) in [5.74, 6) is 0. The zero-order valence-corrected chi connectivity index (χ0v) is 18.6. The van der Waals surface area contributed by atoms with Crippen molar-refractivity contribution < 1.29 is 9.53 Å². The number of carbonyl (C=O) groups is 1. The molecule has 0 unspecified atom stereocenters. The summed E-state index contributed by atoms with van der Waals surface area (Å²) >= 11 is 0. The minimum absolute atomic E-state index is 0.138. The molecular formula is C23H26N6O3. The van der Waals surface area contributed by atoms with Crippen LogP contribution in [0, 0.1) is 0 Å². The third kappa shape index (κ3) is 3.34. The van der Waals surface area contributed by atoms with Gasteiger partial charge in [0.25, 0.3) is 0 Å². The highest BCUT2D eigenvalue weighted by atomic mass is 16.6. The van der Waals surface area contributed by atoms with Gasteiger partial charge in [-0.15, -0.1) is 0 Å². The molecule has 166 valence electrons. The van der Waals surface area contributed by atoms with E-state index in [2.05, 4.69) is 5.10 Å². The molecule has 1 fully saturated rings. The van der Waals surface area contributed by atoms with Crippen molar-refractivity contribution >= 4 is 22.8 Å². The molecule has 0 aromatic carbocycles. The molecule has 32 heavy (non-hydrogen) atoms. The van der Waals surface area contributed by atoms with Gasteiger partial charge in [-0.1, -0.05) is 6.07 Å². The number of rotatable bonds is 2. The number of pyridine rings is 2. The van der Waals surface area contributed by atoms with Crippen LogP contribution in [0.25, 0.3) is 27.9 Å². The maximum atomic E-state index is 13.1. The molecule has 1 amide bonds. The van der Waals surface area contributed by atoms with Gasteiger partial charge >= 0.3 is 11.8 Å². The predicted octanol–water partition coefficient (Wildman–Crippen LogP) is 3.23. The van der Waals surface area contributed by atoms with Crippen molar-refractivity contribution in [2.45, 2.75) is 38.8 Å². The molecule has 9 nitrogen and oxygen atoms in total. The predicted molar refractivity (Wildman–Crippen MR) is 121 cm³/mol. The van der Waals surface area contributed by atoms with E-state index in [1.165, 1.54) is 0 Å². The van der Waals surface area contributed by atoms with E-state index in [1.54, 1.807) is 31.8 Å². The lowest BCUT2D eigenvalue weighted by molar-refractivity contribution is 0.0289. The van der Waals surface area contributed by atoms with Crippen molar-refractivity contribution in [3.63, 3.8) is 0 Å². The maximum Gasteiger partial charge on any atom is 0.410 e. The third-order valence-electron chi connectivity index (χ3n) is 5.82. The molecule has 1 saturated heterocycles. The number of likely N-dealkylation sites (tertiary alicyclic amines) is 1. The molecule has 4 aromatic rings. The highest BCUT2D eigenvalue weighted by Crippen LogP contribution is 2.28. The largest absolute Gasteiger partial charge is 0.444 e. The van der Waals surface area contributed by atoms with E-state index < -0.39 is 5.60 Å². The first-order valence-corrected chi connectivity index (χ1v) is 10.7. The van der Waals surface area contributed by atoms with Crippen molar-refractivity contribution in [2.75, 3.05) is 13.1 Å². The minimum atomic E-state index is -0.559. The second-order valence-electron chi connectivity index (χ2n) is 9.21. The van der Waals surface area contributed by atoms with E-state index in [-0.39, 0.29) is 17.8 Å². The van der Waals surface area contributed by atoms with Crippen LogP contribution in [-0.2, 0) is 11.8 Å². The number of aryl methyl sites for hydroxylation is 1. The van der Waals surface area contributed by atoms with Crippen molar-refractivity contribution in [2.24, 2.45) is 7.05 Å². The fourth-order valence-corrected chi connectivity index (χ4v) is 4.29. The average Bonchev–Trinajstić information content (AvgIpc) is 3.44. The fraction of sp³-hybridized carbons (Fsp3) is 0.391. The van der Waals surface area contributed by atoms with Crippen LogP contribution in [0.3, 0.4) is 0 Å². The molecular weight excluding hydrogens is 408 g/mol. The highest BCUT2D eigenvalue weighted by molar-refractivity contribution is 5.82. The van der Waals surface area contributed by atoms with E-state index in [9.17, 15) is 9.59 Å². The van der Waals surface area contributed by atoms with Gasteiger partial charge < -0.3 is 9.64 Å². The SMILES string of the molecule is Cn1c(=O)n([C@H]2CCN(C(=O)OC(C)(C)C)C2)c2nc(-c3cnn4ccccc34)ccc21. The van der Waals surface area contributed by atoms with Gasteiger partial charge in [0.1, 0.15) is 5.60 Å². The number of nitrogens with zero attached hydrogens (tertiary/aromatic N) is 6. The summed E-state index contributed by atoms with van der Waals surface area (Å²) in [5, 5.41) is 4.40. The van der Waals surface area contributed by atoms with Crippen LogP contribution in [-0.4, -0.2) is 53.4 Å². The molecule has 1 atom stereocenters. The minimum Gasteiger partial charge on any atom is -0.444 e. The number of carbonyl (C=O) groups excluding carboxylic acids is 1. The van der Waals surface area contributed by atoms with Gasteiger partial charge in [-0.25, -0.2) is 19.1 Å². The van der Waals surface area contributed by atoms with Crippen molar-refractivity contribution in [3.05, 3.63) is 53.2 Å². The lowest BCUT2D eigenvalue weighted by atomic mass is 10.2. The Morgan fingerprint density at radius 2 is 1.97 bits per heavy atom. The topological polar surface area (TPSA) is 86.7 Å². The summed E-state index contributed by atoms with van der Waals surface area (Å²) in [6.07, 6.45) is 3.99. The molecule has 5 heterocycles. The zero-order valence-electron chi connectivity index (χ0n) is 18.6. The Labute approximate surface area is 184 Å². The number of ether oxygens (including phenoxy) is 1. The quantitative estimate of drug-likeness (QED) is 0.483. The van der Waals surface area contributed by atoms with Crippen LogP contribution in [0.4, 0.5) is 4.79 Å². The second-order valence-corrected chi connectivity index (χ2v) is 9.21. The molecule has 9 heteroatoms.